The van der Waals surface area contributed by atoms with Gasteiger partial charge in [0, 0.05) is 23.9 Å². The Bertz CT molecular complexity index is 315. The van der Waals surface area contributed by atoms with Gasteiger partial charge in [0.25, 0.3) is 0 Å². The maximum atomic E-state index is 4.06. The third kappa shape index (κ3) is 2.75. The van der Waals surface area contributed by atoms with Gasteiger partial charge in [0.2, 0.25) is 0 Å². The lowest BCUT2D eigenvalue weighted by Crippen LogP contribution is -1.82. The van der Waals surface area contributed by atoms with E-state index in [0.29, 0.717) is 5.92 Å². The Kier molecular flexibility index (Phi) is 2.88. The van der Waals surface area contributed by atoms with Crippen LogP contribution in [0.15, 0.2) is 18.5 Å². The first-order valence-electron chi connectivity index (χ1n) is 4.11. The zero-order valence-corrected chi connectivity index (χ0v) is 7.76. The van der Waals surface area contributed by atoms with Gasteiger partial charge in [-0.3, -0.25) is 4.98 Å². The fourth-order valence-electron chi connectivity index (χ4n) is 0.851. The normalized spacial score (nSPS) is 9.33. The van der Waals surface area contributed by atoms with Crippen LogP contribution in [0.1, 0.15) is 25.0 Å². The molecule has 0 fully saturated rings. The van der Waals surface area contributed by atoms with Crippen LogP contribution in [0.5, 0.6) is 0 Å². The molecule has 0 saturated heterocycles. The minimum absolute atomic E-state index is 0.422. The molecule has 12 heavy (non-hydrogen) atoms. The summed E-state index contributed by atoms with van der Waals surface area (Å²) in [5.74, 6) is 6.59. The first-order chi connectivity index (χ1) is 5.68. The second kappa shape index (κ2) is 3.92. The van der Waals surface area contributed by atoms with Crippen molar-refractivity contribution < 1.29 is 0 Å². The van der Waals surface area contributed by atoms with Crippen LogP contribution in [0.4, 0.5) is 0 Å². The molecule has 1 heteroatoms. The average Bonchev–Trinajstić information content (AvgIpc) is 2.01. The Morgan fingerprint density at radius 2 is 2.08 bits per heavy atom. The zero-order chi connectivity index (χ0) is 8.97. The monoisotopic (exact) mass is 159 g/mol. The summed E-state index contributed by atoms with van der Waals surface area (Å²) >= 11 is 0. The first-order valence-corrected chi connectivity index (χ1v) is 4.11. The van der Waals surface area contributed by atoms with Crippen LogP contribution in [0.3, 0.4) is 0 Å². The zero-order valence-electron chi connectivity index (χ0n) is 7.76. The fraction of sp³-hybridized carbons (Fsp3) is 0.364. The maximum absolute atomic E-state index is 4.06. The molecule has 0 aliphatic carbocycles. The summed E-state index contributed by atoms with van der Waals surface area (Å²) in [5, 5.41) is 0. The Labute approximate surface area is 73.8 Å². The first kappa shape index (κ1) is 8.80. The van der Waals surface area contributed by atoms with Crippen molar-refractivity contribution >= 4 is 0 Å². The predicted octanol–water partition coefficient (Wildman–Crippen LogP) is 2.40. The summed E-state index contributed by atoms with van der Waals surface area (Å²) < 4.78 is 0. The molecule has 1 rings (SSSR count). The summed E-state index contributed by atoms with van der Waals surface area (Å²) in [5.41, 5.74) is 2.16. The largest absolute Gasteiger partial charge is 0.263 e. The molecule has 0 radical (unpaired) electrons. The van der Waals surface area contributed by atoms with Gasteiger partial charge in [-0.25, -0.2) is 0 Å². The lowest BCUT2D eigenvalue weighted by atomic mass is 10.2. The van der Waals surface area contributed by atoms with Crippen LogP contribution in [-0.4, -0.2) is 4.98 Å². The Hall–Kier alpha value is -1.29. The van der Waals surface area contributed by atoms with Crippen LogP contribution in [-0.2, 0) is 0 Å². The minimum Gasteiger partial charge on any atom is -0.263 e. The molecule has 0 aliphatic rings. The van der Waals surface area contributed by atoms with E-state index < -0.39 is 0 Å². The highest BCUT2D eigenvalue weighted by Gasteiger charge is 1.88. The Morgan fingerprint density at radius 1 is 1.33 bits per heavy atom. The molecule has 0 amide bonds. The van der Waals surface area contributed by atoms with Crippen LogP contribution in [0.2, 0.25) is 0 Å². The summed E-state index contributed by atoms with van der Waals surface area (Å²) in [6.45, 7) is 6.18. The second-order valence-corrected chi connectivity index (χ2v) is 3.18. The molecular weight excluding hydrogens is 146 g/mol. The minimum atomic E-state index is 0.422. The highest BCUT2D eigenvalue weighted by Crippen LogP contribution is 1.99. The molecule has 1 heterocycles. The molecule has 1 aromatic rings. The molecule has 0 saturated carbocycles. The van der Waals surface area contributed by atoms with Gasteiger partial charge in [-0.15, -0.1) is 0 Å². The van der Waals surface area contributed by atoms with Gasteiger partial charge < -0.3 is 0 Å². The molecule has 0 bridgehead atoms. The van der Waals surface area contributed by atoms with E-state index in [9.17, 15) is 0 Å². The highest BCUT2D eigenvalue weighted by atomic mass is 14.6. The van der Waals surface area contributed by atoms with Crippen molar-refractivity contribution in [3.05, 3.63) is 29.6 Å². The van der Waals surface area contributed by atoms with E-state index in [-0.39, 0.29) is 0 Å². The van der Waals surface area contributed by atoms with E-state index in [0.717, 1.165) is 11.1 Å². The van der Waals surface area contributed by atoms with Crippen molar-refractivity contribution in [1.29, 1.82) is 0 Å². The molecule has 62 valence electrons. The molecule has 0 spiro atoms. The van der Waals surface area contributed by atoms with Gasteiger partial charge in [-0.1, -0.05) is 25.7 Å². The third-order valence-electron chi connectivity index (χ3n) is 1.38. The number of rotatable bonds is 0. The number of nitrogens with zero attached hydrogens (tertiary/aromatic N) is 1. The quantitative estimate of drug-likeness (QED) is 0.530. The molecule has 0 aromatic carbocycles. The molecule has 0 atom stereocenters. The van der Waals surface area contributed by atoms with Crippen LogP contribution in [0, 0.1) is 24.7 Å². The van der Waals surface area contributed by atoms with Crippen LogP contribution < -0.4 is 0 Å². The number of aryl methyl sites for hydroxylation is 1. The summed E-state index contributed by atoms with van der Waals surface area (Å²) in [4.78, 5) is 4.06. The summed E-state index contributed by atoms with van der Waals surface area (Å²) in [7, 11) is 0. The van der Waals surface area contributed by atoms with E-state index in [1.807, 2.05) is 19.2 Å². The topological polar surface area (TPSA) is 12.9 Å². The lowest BCUT2D eigenvalue weighted by molar-refractivity contribution is 0.866. The lowest BCUT2D eigenvalue weighted by Gasteiger charge is -1.92. The molecule has 0 aliphatic heterocycles. The molecule has 1 nitrogen and oxygen atoms in total. The molecule has 1 aromatic heterocycles. The van der Waals surface area contributed by atoms with Gasteiger partial charge >= 0.3 is 0 Å². The van der Waals surface area contributed by atoms with Crippen molar-refractivity contribution in [2.75, 3.05) is 0 Å². The fourth-order valence-corrected chi connectivity index (χ4v) is 0.851. The SMILES string of the molecule is Cc1cncc(C#CC(C)C)c1. The summed E-state index contributed by atoms with van der Waals surface area (Å²) in [6.07, 6.45) is 3.63. The number of pyridine rings is 1. The average molecular weight is 159 g/mol. The van der Waals surface area contributed by atoms with Crippen molar-refractivity contribution in [2.24, 2.45) is 5.92 Å². The van der Waals surface area contributed by atoms with Crippen molar-refractivity contribution in [3.8, 4) is 11.8 Å². The summed E-state index contributed by atoms with van der Waals surface area (Å²) in [6, 6.07) is 2.04. The molecule has 0 N–H and O–H groups in total. The van der Waals surface area contributed by atoms with Crippen molar-refractivity contribution in [2.45, 2.75) is 20.8 Å². The van der Waals surface area contributed by atoms with E-state index in [1.165, 1.54) is 0 Å². The van der Waals surface area contributed by atoms with Crippen LogP contribution >= 0.6 is 0 Å². The smallest absolute Gasteiger partial charge is 0.0431 e. The van der Waals surface area contributed by atoms with E-state index in [2.05, 4.69) is 30.7 Å². The van der Waals surface area contributed by atoms with Crippen molar-refractivity contribution in [3.63, 3.8) is 0 Å². The maximum Gasteiger partial charge on any atom is 0.0431 e. The molecule has 0 unspecified atom stereocenters. The van der Waals surface area contributed by atoms with Crippen LogP contribution in [0.25, 0.3) is 0 Å². The molecular formula is C11H13N. The van der Waals surface area contributed by atoms with Gasteiger partial charge in [0.15, 0.2) is 0 Å². The van der Waals surface area contributed by atoms with Gasteiger partial charge in [-0.2, -0.15) is 0 Å². The van der Waals surface area contributed by atoms with Gasteiger partial charge in [0.05, 0.1) is 0 Å². The van der Waals surface area contributed by atoms with E-state index in [4.69, 9.17) is 0 Å². The second-order valence-electron chi connectivity index (χ2n) is 3.18. The number of aromatic nitrogens is 1. The van der Waals surface area contributed by atoms with E-state index >= 15 is 0 Å². The standard InChI is InChI=1S/C11H13N/c1-9(2)4-5-11-6-10(3)7-12-8-11/h6-9H,1-3H3. The number of hydrogen-bond acceptors (Lipinski definition) is 1. The highest BCUT2D eigenvalue weighted by molar-refractivity contribution is 5.33. The predicted molar refractivity (Wildman–Crippen MR) is 50.7 cm³/mol. The van der Waals surface area contributed by atoms with Gasteiger partial charge in [0.1, 0.15) is 0 Å². The third-order valence-corrected chi connectivity index (χ3v) is 1.38. The Morgan fingerprint density at radius 3 is 2.67 bits per heavy atom. The number of hydrogen-bond donors (Lipinski definition) is 0. The van der Waals surface area contributed by atoms with Gasteiger partial charge in [-0.05, 0) is 18.6 Å². The van der Waals surface area contributed by atoms with E-state index in [1.54, 1.807) is 6.20 Å². The van der Waals surface area contributed by atoms with Crippen molar-refractivity contribution in [1.82, 2.24) is 4.98 Å². The Balaban J connectivity index is 2.85.